The second-order valence-electron chi connectivity index (χ2n) is 10.8. The van der Waals surface area contributed by atoms with Gasteiger partial charge in [-0.3, -0.25) is 4.79 Å². The predicted octanol–water partition coefficient (Wildman–Crippen LogP) is 7.02. The van der Waals surface area contributed by atoms with Gasteiger partial charge in [0.2, 0.25) is 0 Å². The minimum absolute atomic E-state index is 0.113. The van der Waals surface area contributed by atoms with Crippen molar-refractivity contribution in [3.05, 3.63) is 83.7 Å². The molecule has 0 radical (unpaired) electrons. The summed E-state index contributed by atoms with van der Waals surface area (Å²) in [5, 5.41) is 3.17. The molecule has 0 unspecified atom stereocenters. The number of benzene rings is 3. The summed E-state index contributed by atoms with van der Waals surface area (Å²) in [5.74, 6) is 0.428. The molecule has 0 aliphatic heterocycles. The lowest BCUT2D eigenvalue weighted by molar-refractivity contribution is -0.140. The Bertz CT molecular complexity index is 1470. The number of esters is 2. The van der Waals surface area contributed by atoms with Gasteiger partial charge in [-0.2, -0.15) is 0 Å². The van der Waals surface area contributed by atoms with Gasteiger partial charge in [-0.15, -0.1) is 0 Å². The number of rotatable bonds is 11. The number of anilines is 1. The van der Waals surface area contributed by atoms with E-state index in [1.807, 2.05) is 63.2 Å². The molecule has 7 heteroatoms. The summed E-state index contributed by atoms with van der Waals surface area (Å²) < 4.78 is 12.9. The van der Waals surface area contributed by atoms with E-state index in [0.717, 1.165) is 58.5 Å². The first kappa shape index (κ1) is 28.9. The van der Waals surface area contributed by atoms with Crippen molar-refractivity contribution in [1.82, 2.24) is 9.55 Å². The topological polar surface area (TPSA) is 82.5 Å². The summed E-state index contributed by atoms with van der Waals surface area (Å²) in [4.78, 5) is 29.6. The van der Waals surface area contributed by atoms with E-state index in [-0.39, 0.29) is 18.5 Å². The number of unbranched alkanes of at least 4 members (excludes halogenated alkanes) is 1. The average molecular weight is 542 g/mol. The largest absolute Gasteiger partial charge is 0.465 e. The van der Waals surface area contributed by atoms with Crippen LogP contribution in [0.5, 0.6) is 0 Å². The number of aromatic nitrogens is 2. The first-order chi connectivity index (χ1) is 19.2. The van der Waals surface area contributed by atoms with Crippen LogP contribution in [0.1, 0.15) is 69.2 Å². The Morgan fingerprint density at radius 2 is 1.73 bits per heavy atom. The standard InChI is InChI=1S/C33H39N3O4/c1-6-8-13-30-35-28-19-18-25(34-21-31(37)39-7-2)20-29(28)36(30)22-23-14-16-24(17-15-23)26-11-9-10-12-27(26)32(38)40-33(3,4)5/h9-12,14-20,34H,6-8,13,21-22H2,1-5H3. The smallest absolute Gasteiger partial charge is 0.339 e. The summed E-state index contributed by atoms with van der Waals surface area (Å²) >= 11 is 0. The van der Waals surface area contributed by atoms with Crippen molar-refractivity contribution in [2.45, 2.75) is 66.0 Å². The van der Waals surface area contributed by atoms with E-state index in [1.165, 1.54) is 0 Å². The number of hydrogen-bond donors (Lipinski definition) is 1. The summed E-state index contributed by atoms with van der Waals surface area (Å²) in [6.07, 6.45) is 3.02. The zero-order chi connectivity index (χ0) is 28.7. The van der Waals surface area contributed by atoms with Crippen molar-refractivity contribution in [3.63, 3.8) is 0 Å². The molecule has 0 aliphatic carbocycles. The van der Waals surface area contributed by atoms with E-state index in [2.05, 4.69) is 41.1 Å². The Balaban J connectivity index is 1.61. The van der Waals surface area contributed by atoms with E-state index in [0.29, 0.717) is 18.7 Å². The lowest BCUT2D eigenvalue weighted by atomic mass is 9.98. The molecular weight excluding hydrogens is 502 g/mol. The Hall–Kier alpha value is -4.13. The highest BCUT2D eigenvalue weighted by atomic mass is 16.6. The van der Waals surface area contributed by atoms with E-state index in [1.54, 1.807) is 6.92 Å². The molecule has 4 aromatic rings. The first-order valence-electron chi connectivity index (χ1n) is 14.0. The number of aryl methyl sites for hydroxylation is 1. The molecule has 210 valence electrons. The quantitative estimate of drug-likeness (QED) is 0.205. The molecule has 0 amide bonds. The number of nitrogens with one attached hydrogen (secondary N) is 1. The van der Waals surface area contributed by atoms with Crippen molar-refractivity contribution in [3.8, 4) is 11.1 Å². The van der Waals surface area contributed by atoms with Gasteiger partial charge in [-0.25, -0.2) is 9.78 Å². The molecule has 4 rings (SSSR count). The van der Waals surface area contributed by atoms with Crippen LogP contribution in [0.15, 0.2) is 66.7 Å². The van der Waals surface area contributed by atoms with Gasteiger partial charge in [0, 0.05) is 18.7 Å². The zero-order valence-corrected chi connectivity index (χ0v) is 24.1. The van der Waals surface area contributed by atoms with Crippen LogP contribution in [0.3, 0.4) is 0 Å². The average Bonchev–Trinajstić information content (AvgIpc) is 3.26. The van der Waals surface area contributed by atoms with Gasteiger partial charge in [0.1, 0.15) is 18.0 Å². The summed E-state index contributed by atoms with van der Waals surface area (Å²) in [6, 6.07) is 21.8. The van der Waals surface area contributed by atoms with Crippen LogP contribution in [0.4, 0.5) is 5.69 Å². The predicted molar refractivity (Wildman–Crippen MR) is 160 cm³/mol. The number of ether oxygens (including phenoxy) is 2. The van der Waals surface area contributed by atoms with Crippen molar-refractivity contribution < 1.29 is 19.1 Å². The molecule has 0 fully saturated rings. The SMILES string of the molecule is CCCCc1nc2ccc(NCC(=O)OCC)cc2n1Cc1ccc(-c2ccccc2C(=O)OC(C)(C)C)cc1. The van der Waals surface area contributed by atoms with E-state index < -0.39 is 5.60 Å². The molecule has 0 aliphatic rings. The fourth-order valence-corrected chi connectivity index (χ4v) is 4.59. The Labute approximate surface area is 236 Å². The van der Waals surface area contributed by atoms with Crippen molar-refractivity contribution in [2.75, 3.05) is 18.5 Å². The molecular formula is C33H39N3O4. The number of carbonyl (C=O) groups excluding carboxylic acids is 2. The third-order valence-electron chi connectivity index (χ3n) is 6.47. The van der Waals surface area contributed by atoms with Gasteiger partial charge in [0.05, 0.1) is 23.2 Å². The lowest BCUT2D eigenvalue weighted by Crippen LogP contribution is -2.24. The van der Waals surface area contributed by atoms with Crippen molar-refractivity contribution in [1.29, 1.82) is 0 Å². The normalized spacial score (nSPS) is 11.4. The molecule has 3 aromatic carbocycles. The van der Waals surface area contributed by atoms with Gasteiger partial charge in [-0.05, 0) is 75.1 Å². The molecule has 1 N–H and O–H groups in total. The number of hydrogen-bond acceptors (Lipinski definition) is 6. The van der Waals surface area contributed by atoms with Crippen molar-refractivity contribution >= 4 is 28.7 Å². The van der Waals surface area contributed by atoms with Crippen LogP contribution in [-0.4, -0.2) is 40.2 Å². The van der Waals surface area contributed by atoms with E-state index in [4.69, 9.17) is 14.5 Å². The van der Waals surface area contributed by atoms with Gasteiger partial charge < -0.3 is 19.4 Å². The van der Waals surface area contributed by atoms with Crippen LogP contribution in [0.2, 0.25) is 0 Å². The summed E-state index contributed by atoms with van der Waals surface area (Å²) in [7, 11) is 0. The monoisotopic (exact) mass is 541 g/mol. The number of imidazole rings is 1. The number of nitrogens with zero attached hydrogens (tertiary/aromatic N) is 2. The highest BCUT2D eigenvalue weighted by Gasteiger charge is 2.21. The summed E-state index contributed by atoms with van der Waals surface area (Å²) in [5.41, 5.74) is 5.70. The molecule has 0 bridgehead atoms. The third kappa shape index (κ3) is 7.29. The van der Waals surface area contributed by atoms with E-state index >= 15 is 0 Å². The van der Waals surface area contributed by atoms with Crippen LogP contribution in [0.25, 0.3) is 22.2 Å². The fraction of sp³-hybridized carbons (Fsp3) is 0.364. The second kappa shape index (κ2) is 12.8. The Kier molecular flexibility index (Phi) is 9.25. The maximum Gasteiger partial charge on any atom is 0.339 e. The molecule has 0 saturated carbocycles. The maximum absolute atomic E-state index is 12.9. The third-order valence-corrected chi connectivity index (χ3v) is 6.47. The molecule has 1 heterocycles. The molecule has 0 saturated heterocycles. The van der Waals surface area contributed by atoms with Gasteiger partial charge in [0.25, 0.3) is 0 Å². The van der Waals surface area contributed by atoms with Crippen LogP contribution >= 0.6 is 0 Å². The van der Waals surface area contributed by atoms with Crippen LogP contribution in [-0.2, 0) is 27.2 Å². The number of carbonyl (C=O) groups is 2. The molecule has 1 aromatic heterocycles. The lowest BCUT2D eigenvalue weighted by Gasteiger charge is -2.20. The molecule has 7 nitrogen and oxygen atoms in total. The summed E-state index contributed by atoms with van der Waals surface area (Å²) in [6.45, 7) is 10.7. The van der Waals surface area contributed by atoms with Crippen molar-refractivity contribution in [2.24, 2.45) is 0 Å². The molecule has 0 atom stereocenters. The van der Waals surface area contributed by atoms with E-state index in [9.17, 15) is 9.59 Å². The Morgan fingerprint density at radius 1 is 0.975 bits per heavy atom. The second-order valence-corrected chi connectivity index (χ2v) is 10.8. The Morgan fingerprint density at radius 3 is 2.42 bits per heavy atom. The number of fused-ring (bicyclic) bond motifs is 1. The van der Waals surface area contributed by atoms with Crippen LogP contribution < -0.4 is 5.32 Å². The minimum atomic E-state index is -0.564. The van der Waals surface area contributed by atoms with Crippen LogP contribution in [0, 0.1) is 0 Å². The molecule has 0 spiro atoms. The maximum atomic E-state index is 12.9. The zero-order valence-electron chi connectivity index (χ0n) is 24.1. The highest BCUT2D eigenvalue weighted by Crippen LogP contribution is 2.28. The van der Waals surface area contributed by atoms with Gasteiger partial charge in [0.15, 0.2) is 0 Å². The first-order valence-corrected chi connectivity index (χ1v) is 14.0. The van der Waals surface area contributed by atoms with Gasteiger partial charge in [-0.1, -0.05) is 55.8 Å². The fourth-order valence-electron chi connectivity index (χ4n) is 4.59. The highest BCUT2D eigenvalue weighted by molar-refractivity contribution is 5.97. The molecule has 40 heavy (non-hydrogen) atoms. The van der Waals surface area contributed by atoms with Gasteiger partial charge >= 0.3 is 11.9 Å². The minimum Gasteiger partial charge on any atom is -0.465 e.